The van der Waals surface area contributed by atoms with Crippen molar-refractivity contribution in [2.75, 3.05) is 6.54 Å². The molecule has 0 spiro atoms. The predicted molar refractivity (Wildman–Crippen MR) is 28.0 cm³/mol. The molecule has 0 fully saturated rings. The van der Waals surface area contributed by atoms with E-state index in [9.17, 15) is 4.89 Å². The average Bonchev–Trinajstić information content (AvgIpc) is 1.61. The van der Waals surface area contributed by atoms with E-state index in [0.717, 1.165) is 13.0 Å². The van der Waals surface area contributed by atoms with E-state index < -0.39 is 8.96 Å². The van der Waals surface area contributed by atoms with E-state index in [0.29, 0.717) is 0 Å². The number of hydrogen-bond donors (Lipinski definition) is 1. The van der Waals surface area contributed by atoms with Gasteiger partial charge in [0.1, 0.15) is 0 Å². The van der Waals surface area contributed by atoms with Crippen molar-refractivity contribution in [2.45, 2.75) is 13.3 Å². The molecule has 0 amide bonds. The third-order valence-corrected chi connectivity index (χ3v) is 0.933. The molecule has 1 atom stereocenters. The van der Waals surface area contributed by atoms with Crippen LogP contribution < -0.4 is 9.98 Å². The van der Waals surface area contributed by atoms with Gasteiger partial charge in [-0.3, -0.25) is 0 Å². The normalized spacial score (nSPS) is 11.0. The van der Waals surface area contributed by atoms with E-state index in [4.69, 9.17) is 0 Å². The fourth-order valence-corrected chi connectivity index (χ4v) is 0.610. The smallest absolute Gasteiger partial charge is 0.0292 e. The Morgan fingerprint density at radius 3 is 2.67 bits per heavy atom. The minimum atomic E-state index is -0.716. The summed E-state index contributed by atoms with van der Waals surface area (Å²) in [6.45, 7) is 2.93. The molecule has 0 saturated carbocycles. The lowest BCUT2D eigenvalue weighted by Gasteiger charge is -1.92. The van der Waals surface area contributed by atoms with Gasteiger partial charge in [-0.2, -0.15) is 0 Å². The molecular formula is C3H10NOP. The lowest BCUT2D eigenvalue weighted by Crippen LogP contribution is -2.06. The second kappa shape index (κ2) is 5.35. The molecule has 0 bridgehead atoms. The summed E-state index contributed by atoms with van der Waals surface area (Å²) in [5.74, 6) is 0. The van der Waals surface area contributed by atoms with Crippen LogP contribution in [0.4, 0.5) is 0 Å². The van der Waals surface area contributed by atoms with Crippen molar-refractivity contribution in [3.63, 3.8) is 0 Å². The molecule has 2 nitrogen and oxygen atoms in total. The number of nitrogens with one attached hydrogen (secondary N) is 1. The maximum atomic E-state index is 9.66. The molecule has 0 saturated heterocycles. The molecule has 0 heterocycles. The van der Waals surface area contributed by atoms with Gasteiger partial charge in [0, 0.05) is 15.5 Å². The summed E-state index contributed by atoms with van der Waals surface area (Å²) in [6.07, 6.45) is 1.06. The van der Waals surface area contributed by atoms with E-state index in [1.165, 1.54) is 0 Å². The monoisotopic (exact) mass is 107 g/mol. The van der Waals surface area contributed by atoms with Gasteiger partial charge >= 0.3 is 0 Å². The average molecular weight is 107 g/mol. The third kappa shape index (κ3) is 4.35. The van der Waals surface area contributed by atoms with Crippen LogP contribution in [0.5, 0.6) is 0 Å². The summed E-state index contributed by atoms with van der Waals surface area (Å²) in [6, 6.07) is 0. The lowest BCUT2D eigenvalue weighted by molar-refractivity contribution is -0.153. The maximum absolute atomic E-state index is 9.66. The molecule has 0 aromatic heterocycles. The lowest BCUT2D eigenvalue weighted by atomic mass is 10.5. The number of hydrogen-bond acceptors (Lipinski definition) is 2. The largest absolute Gasteiger partial charge is 0.669 e. The van der Waals surface area contributed by atoms with Gasteiger partial charge in [-0.05, 0) is 6.42 Å². The highest BCUT2D eigenvalue weighted by molar-refractivity contribution is 7.26. The maximum Gasteiger partial charge on any atom is 0.0292 e. The standard InChI is InChI=1S/C3H10NOP/c1-2-3-4-6-5/h4H,2-3,6H2,1H3. The van der Waals surface area contributed by atoms with Gasteiger partial charge in [0.15, 0.2) is 0 Å². The van der Waals surface area contributed by atoms with Crippen LogP contribution in [0.15, 0.2) is 0 Å². The van der Waals surface area contributed by atoms with Crippen LogP contribution in [0.1, 0.15) is 13.3 Å². The Labute approximate surface area is 39.9 Å². The first kappa shape index (κ1) is 6.35. The van der Waals surface area contributed by atoms with Gasteiger partial charge in [0.25, 0.3) is 0 Å². The quantitative estimate of drug-likeness (QED) is 0.393. The predicted octanol–water partition coefficient (Wildman–Crippen LogP) is -0.413. The Balaban J connectivity index is 2.34. The Kier molecular flexibility index (Phi) is 5.66. The Morgan fingerprint density at radius 1 is 1.83 bits per heavy atom. The van der Waals surface area contributed by atoms with E-state index in [-0.39, 0.29) is 0 Å². The molecule has 0 radical (unpaired) electrons. The third-order valence-electron chi connectivity index (χ3n) is 0.478. The molecule has 0 aromatic carbocycles. The fraction of sp³-hybridized carbons (Fsp3) is 1.00. The van der Waals surface area contributed by atoms with Crippen molar-refractivity contribution >= 4 is 8.96 Å². The summed E-state index contributed by atoms with van der Waals surface area (Å²) in [5.41, 5.74) is 0. The second-order valence-corrected chi connectivity index (χ2v) is 1.72. The summed E-state index contributed by atoms with van der Waals surface area (Å²) in [5, 5.41) is 2.73. The molecule has 0 aromatic rings. The molecule has 38 valence electrons. The van der Waals surface area contributed by atoms with Crippen LogP contribution in [0.25, 0.3) is 0 Å². The molecule has 1 N–H and O–H groups in total. The van der Waals surface area contributed by atoms with Gasteiger partial charge in [-0.25, -0.2) is 5.09 Å². The molecule has 3 heteroatoms. The Morgan fingerprint density at radius 2 is 2.50 bits per heavy atom. The molecule has 0 aliphatic rings. The summed E-state index contributed by atoms with van der Waals surface area (Å²) in [7, 11) is -0.716. The van der Waals surface area contributed by atoms with E-state index in [2.05, 4.69) is 5.09 Å². The van der Waals surface area contributed by atoms with Crippen LogP contribution in [-0.4, -0.2) is 6.54 Å². The zero-order valence-corrected chi connectivity index (χ0v) is 5.05. The van der Waals surface area contributed by atoms with Crippen molar-refractivity contribution in [3.05, 3.63) is 0 Å². The van der Waals surface area contributed by atoms with Crippen LogP contribution in [0.3, 0.4) is 0 Å². The van der Waals surface area contributed by atoms with Gasteiger partial charge in [0.05, 0.1) is 0 Å². The fourth-order valence-electron chi connectivity index (χ4n) is 0.203. The minimum absolute atomic E-state index is 0.716. The van der Waals surface area contributed by atoms with E-state index in [1.807, 2.05) is 6.92 Å². The SMILES string of the molecule is CCCN[PH2+][O-]. The first-order valence-corrected chi connectivity index (χ1v) is 3.13. The molecular weight excluding hydrogens is 97.0 g/mol. The van der Waals surface area contributed by atoms with Crippen LogP contribution >= 0.6 is 8.96 Å². The van der Waals surface area contributed by atoms with Crippen molar-refractivity contribution in [2.24, 2.45) is 0 Å². The highest BCUT2D eigenvalue weighted by atomic mass is 31.1. The zero-order valence-electron chi connectivity index (χ0n) is 3.90. The minimum Gasteiger partial charge on any atom is -0.669 e. The van der Waals surface area contributed by atoms with E-state index in [1.54, 1.807) is 0 Å². The van der Waals surface area contributed by atoms with Crippen molar-refractivity contribution in [1.29, 1.82) is 0 Å². The topological polar surface area (TPSA) is 35.1 Å². The van der Waals surface area contributed by atoms with Crippen molar-refractivity contribution in [3.8, 4) is 0 Å². The van der Waals surface area contributed by atoms with Gasteiger partial charge in [-0.1, -0.05) is 6.92 Å². The zero-order chi connectivity index (χ0) is 4.83. The Hall–Kier alpha value is 0.350. The summed E-state index contributed by atoms with van der Waals surface area (Å²) < 4.78 is 0. The highest BCUT2D eigenvalue weighted by Crippen LogP contribution is 1.82. The van der Waals surface area contributed by atoms with E-state index >= 15 is 0 Å². The molecule has 0 aliphatic heterocycles. The summed E-state index contributed by atoms with van der Waals surface area (Å²) in [4.78, 5) is 9.66. The van der Waals surface area contributed by atoms with Crippen LogP contribution in [0.2, 0.25) is 0 Å². The van der Waals surface area contributed by atoms with Gasteiger partial charge < -0.3 is 4.89 Å². The van der Waals surface area contributed by atoms with Gasteiger partial charge in [0.2, 0.25) is 0 Å². The second-order valence-electron chi connectivity index (χ2n) is 1.07. The molecule has 6 heavy (non-hydrogen) atoms. The molecule has 0 rings (SSSR count). The first-order valence-electron chi connectivity index (χ1n) is 2.09. The first-order chi connectivity index (χ1) is 2.91. The molecule has 1 unspecified atom stereocenters. The highest BCUT2D eigenvalue weighted by Gasteiger charge is 1.73. The molecule has 0 aliphatic carbocycles. The van der Waals surface area contributed by atoms with Crippen LogP contribution in [-0.2, 0) is 0 Å². The van der Waals surface area contributed by atoms with Crippen molar-refractivity contribution in [1.82, 2.24) is 5.09 Å². The summed E-state index contributed by atoms with van der Waals surface area (Å²) >= 11 is 0. The number of rotatable bonds is 3. The van der Waals surface area contributed by atoms with Gasteiger partial charge in [-0.15, -0.1) is 0 Å². The Bertz CT molecular complexity index is 22.8. The van der Waals surface area contributed by atoms with Crippen LogP contribution in [0, 0.1) is 0 Å². The van der Waals surface area contributed by atoms with Crippen molar-refractivity contribution < 1.29 is 4.89 Å².